The zero-order valence-electron chi connectivity index (χ0n) is 7.44. The van der Waals surface area contributed by atoms with Gasteiger partial charge in [-0.1, -0.05) is 0 Å². The summed E-state index contributed by atoms with van der Waals surface area (Å²) in [6.07, 6.45) is 0. The minimum absolute atomic E-state index is 0.194. The van der Waals surface area contributed by atoms with E-state index < -0.39 is 11.9 Å². The van der Waals surface area contributed by atoms with Crippen molar-refractivity contribution in [3.8, 4) is 0 Å². The molecule has 0 amide bonds. The normalized spacial score (nSPS) is 6.46. The van der Waals surface area contributed by atoms with Crippen molar-refractivity contribution in [2.75, 3.05) is 11.5 Å². The Morgan fingerprint density at radius 1 is 1.08 bits per heavy atom. The quantitative estimate of drug-likeness (QED) is 0.459. The number of hydrogen-bond acceptors (Lipinski definition) is 6. The van der Waals surface area contributed by atoms with E-state index in [2.05, 4.69) is 35.1 Å². The number of carboxylic acids is 2. The predicted molar refractivity (Wildman–Crippen MR) is 55.2 cm³/mol. The van der Waals surface area contributed by atoms with E-state index in [-0.39, 0.29) is 32.6 Å². The molecule has 0 aromatic rings. The molecule has 0 saturated carbocycles. The van der Waals surface area contributed by atoms with Gasteiger partial charge in [0.2, 0.25) is 0 Å². The van der Waals surface area contributed by atoms with Crippen molar-refractivity contribution in [2.45, 2.75) is 9.88 Å². The molecule has 0 spiro atoms. The number of aliphatic carboxylic acids is 2. The van der Waals surface area contributed by atoms with Gasteiger partial charge < -0.3 is 19.8 Å². The van der Waals surface area contributed by atoms with E-state index in [1.165, 1.54) is 0 Å². The van der Waals surface area contributed by atoms with E-state index in [0.29, 0.717) is 0 Å². The standard InChI is InChI=1S/2C2H4O2S.2CH3.Sn/c2*3-2(4)1-5;;;/h2*5H,1H2,(H,3,4);2*1H3;/q;;;;+2/p-2. The Balaban J connectivity index is -0.000000120. The summed E-state index contributed by atoms with van der Waals surface area (Å²) in [5.41, 5.74) is 0. The molecule has 0 atom stereocenters. The molecule has 0 fully saturated rings. The van der Waals surface area contributed by atoms with E-state index in [0.717, 1.165) is 0 Å². The van der Waals surface area contributed by atoms with E-state index in [9.17, 15) is 19.8 Å². The summed E-state index contributed by atoms with van der Waals surface area (Å²) < 4.78 is 0. The van der Waals surface area contributed by atoms with Crippen LogP contribution < -0.4 is 10.2 Å². The first-order chi connectivity index (χ1) is 5.95. The van der Waals surface area contributed by atoms with Gasteiger partial charge >= 0.3 is 31.0 Å². The van der Waals surface area contributed by atoms with E-state index in [1.807, 2.05) is 0 Å². The Morgan fingerprint density at radius 3 is 1.15 bits per heavy atom. The van der Waals surface area contributed by atoms with Crippen molar-refractivity contribution in [3.05, 3.63) is 0 Å². The molecule has 0 rings (SSSR count). The zero-order valence-corrected chi connectivity index (χ0v) is 12.1. The average molecular weight is 331 g/mol. The summed E-state index contributed by atoms with van der Waals surface area (Å²) in [5, 5.41) is 18.4. The second-order valence-electron chi connectivity index (χ2n) is 1.56. The van der Waals surface area contributed by atoms with Crippen LogP contribution in [-0.4, -0.2) is 44.6 Å². The van der Waals surface area contributed by atoms with Crippen molar-refractivity contribution >= 4 is 58.3 Å². The molecule has 0 N–H and O–H groups in total. The van der Waals surface area contributed by atoms with Gasteiger partial charge in [-0.25, -0.2) is 0 Å². The Bertz CT molecular complexity index is 118. The van der Waals surface area contributed by atoms with Crippen molar-refractivity contribution < 1.29 is 19.8 Å². The van der Waals surface area contributed by atoms with Gasteiger partial charge in [0.25, 0.3) is 0 Å². The zero-order chi connectivity index (χ0) is 11.3. The van der Waals surface area contributed by atoms with Crippen LogP contribution in [-0.2, 0) is 9.59 Å². The minimum atomic E-state index is -1.13. The van der Waals surface area contributed by atoms with E-state index in [4.69, 9.17) is 0 Å². The van der Waals surface area contributed by atoms with Crippen LogP contribution in [0.5, 0.6) is 0 Å². The molecule has 0 saturated heterocycles. The van der Waals surface area contributed by atoms with Crippen LogP contribution in [0.4, 0.5) is 0 Å². The molecule has 76 valence electrons. The Hall–Kier alpha value is 0.439. The molecule has 13 heavy (non-hydrogen) atoms. The second-order valence-corrected chi connectivity index (χ2v) is 5.05. The average Bonchev–Trinajstić information content (AvgIpc) is 2.07. The van der Waals surface area contributed by atoms with E-state index >= 15 is 0 Å². The molecule has 0 aliphatic heterocycles. The van der Waals surface area contributed by atoms with Crippen molar-refractivity contribution in [1.82, 2.24) is 0 Å². The summed E-state index contributed by atoms with van der Waals surface area (Å²) in [5.74, 6) is -2.65. The summed E-state index contributed by atoms with van der Waals surface area (Å²) in [7, 11) is 0. The van der Waals surface area contributed by atoms with Gasteiger partial charge in [-0.05, 0) is 0 Å². The molecule has 0 aliphatic rings. The van der Waals surface area contributed by atoms with Gasteiger partial charge in [0.1, 0.15) is 0 Å². The Kier molecular flexibility index (Phi) is 26.8. The fourth-order valence-corrected chi connectivity index (χ4v) is 0. The van der Waals surface area contributed by atoms with Gasteiger partial charge in [-0.15, -0.1) is 0 Å². The first-order valence-corrected chi connectivity index (χ1v) is 10.1. The summed E-state index contributed by atoms with van der Waals surface area (Å²) in [6.45, 7) is 0. The third kappa shape index (κ3) is 68.8. The van der Waals surface area contributed by atoms with Crippen LogP contribution in [0.2, 0.25) is 9.88 Å². The molecule has 0 unspecified atom stereocenters. The molecule has 0 aliphatic carbocycles. The van der Waals surface area contributed by atoms with E-state index in [1.54, 1.807) is 0 Å². The van der Waals surface area contributed by atoms with Crippen molar-refractivity contribution in [1.29, 1.82) is 0 Å². The summed E-state index contributed by atoms with van der Waals surface area (Å²) in [6, 6.07) is 0. The fourth-order valence-electron chi connectivity index (χ4n) is 0. The third-order valence-corrected chi connectivity index (χ3v) is 0.775. The summed E-state index contributed by atoms with van der Waals surface area (Å²) >= 11 is 6.94. The topological polar surface area (TPSA) is 80.3 Å². The van der Waals surface area contributed by atoms with Crippen LogP contribution in [0.1, 0.15) is 0 Å². The Labute approximate surface area is 99.1 Å². The molecular weight excluding hydrogens is 319 g/mol. The van der Waals surface area contributed by atoms with Crippen LogP contribution in [0.25, 0.3) is 0 Å². The first kappa shape index (κ1) is 19.1. The maximum absolute atomic E-state index is 9.18. The van der Waals surface area contributed by atoms with Crippen LogP contribution >= 0.6 is 25.3 Å². The maximum atomic E-state index is 9.18. The number of carboxylic acid groups (broad SMARTS) is 2. The number of rotatable bonds is 2. The monoisotopic (exact) mass is 332 g/mol. The van der Waals surface area contributed by atoms with Crippen molar-refractivity contribution in [2.24, 2.45) is 0 Å². The number of carbonyl (C=O) groups is 2. The molecule has 0 heterocycles. The number of carbonyl (C=O) groups excluding carboxylic acids is 2. The van der Waals surface area contributed by atoms with Crippen molar-refractivity contribution in [3.63, 3.8) is 0 Å². The van der Waals surface area contributed by atoms with Crippen LogP contribution in [0, 0.1) is 0 Å². The van der Waals surface area contributed by atoms with Gasteiger partial charge in [-0.2, -0.15) is 25.3 Å². The van der Waals surface area contributed by atoms with Gasteiger partial charge in [0.15, 0.2) is 0 Å². The molecular formula is C6H12O4S2Sn. The summed E-state index contributed by atoms with van der Waals surface area (Å²) in [4.78, 5) is 23.0. The SMILES string of the molecule is O=C([O-])CS.O=C([O-])CS.[CH3][Sn+2][CH3]. The van der Waals surface area contributed by atoms with Gasteiger partial charge in [0, 0.05) is 11.5 Å². The molecule has 0 bridgehead atoms. The fraction of sp³-hybridized carbons (Fsp3) is 0.667. The third-order valence-electron chi connectivity index (χ3n) is 0.258. The molecule has 0 radical (unpaired) electrons. The molecule has 0 aromatic heterocycles. The molecule has 0 aromatic carbocycles. The molecule has 7 heteroatoms. The number of hydrogen-bond donors (Lipinski definition) is 2. The second kappa shape index (κ2) is 18.3. The van der Waals surface area contributed by atoms with Crippen LogP contribution in [0.3, 0.4) is 0 Å². The Morgan fingerprint density at radius 2 is 1.15 bits per heavy atom. The first-order valence-electron chi connectivity index (χ1n) is 3.16. The van der Waals surface area contributed by atoms with Gasteiger partial charge in [0.05, 0.1) is 11.9 Å². The van der Waals surface area contributed by atoms with Gasteiger partial charge in [-0.3, -0.25) is 0 Å². The number of thiol groups is 2. The predicted octanol–water partition coefficient (Wildman–Crippen LogP) is -1.88. The van der Waals surface area contributed by atoms with Crippen LogP contribution in [0.15, 0.2) is 0 Å². The molecule has 4 nitrogen and oxygen atoms in total.